The van der Waals surface area contributed by atoms with Gasteiger partial charge in [0.15, 0.2) is 0 Å². The number of carbonyl (C=O) groups excluding carboxylic acids is 1. The average Bonchev–Trinajstić information content (AvgIpc) is 3.10. The lowest BCUT2D eigenvalue weighted by Gasteiger charge is -2.33. The van der Waals surface area contributed by atoms with E-state index < -0.39 is 0 Å². The first-order chi connectivity index (χ1) is 13.0. The van der Waals surface area contributed by atoms with E-state index in [0.717, 1.165) is 42.7 Å². The Morgan fingerprint density at radius 2 is 1.78 bits per heavy atom. The highest BCUT2D eigenvalue weighted by Crippen LogP contribution is 2.28. The summed E-state index contributed by atoms with van der Waals surface area (Å²) in [4.78, 5) is 21.4. The number of imidazole rings is 1. The number of rotatable bonds is 3. The van der Waals surface area contributed by atoms with Crippen LogP contribution < -0.4 is 4.90 Å². The SMILES string of the molecule is Cc1ccc2ncn(C3CCN(C(=O)c4ccc(N(C)C)cc4)CC3)c2c1. The smallest absolute Gasteiger partial charge is 0.253 e. The second kappa shape index (κ2) is 7.06. The van der Waals surface area contributed by atoms with Crippen LogP contribution in [0.5, 0.6) is 0 Å². The van der Waals surface area contributed by atoms with Crippen molar-refractivity contribution in [2.45, 2.75) is 25.8 Å². The van der Waals surface area contributed by atoms with E-state index in [9.17, 15) is 4.79 Å². The van der Waals surface area contributed by atoms with Gasteiger partial charge in [-0.05, 0) is 61.7 Å². The molecule has 3 aromatic rings. The van der Waals surface area contributed by atoms with Gasteiger partial charge < -0.3 is 14.4 Å². The molecule has 5 heteroatoms. The van der Waals surface area contributed by atoms with Gasteiger partial charge in [-0.2, -0.15) is 0 Å². The molecule has 27 heavy (non-hydrogen) atoms. The van der Waals surface area contributed by atoms with Crippen LogP contribution >= 0.6 is 0 Å². The Morgan fingerprint density at radius 3 is 2.44 bits per heavy atom. The zero-order chi connectivity index (χ0) is 19.0. The number of hydrogen-bond donors (Lipinski definition) is 0. The highest BCUT2D eigenvalue weighted by molar-refractivity contribution is 5.94. The van der Waals surface area contributed by atoms with Crippen LogP contribution in [0.2, 0.25) is 0 Å². The van der Waals surface area contributed by atoms with Crippen LogP contribution in [0.25, 0.3) is 11.0 Å². The molecule has 0 radical (unpaired) electrons. The first kappa shape index (κ1) is 17.6. The van der Waals surface area contributed by atoms with Crippen LogP contribution in [0.1, 0.15) is 34.8 Å². The molecule has 1 amide bonds. The third-order valence-electron chi connectivity index (χ3n) is 5.51. The van der Waals surface area contributed by atoms with E-state index in [-0.39, 0.29) is 5.91 Å². The van der Waals surface area contributed by atoms with Gasteiger partial charge in [0.2, 0.25) is 0 Å². The predicted molar refractivity (Wildman–Crippen MR) is 109 cm³/mol. The molecule has 4 rings (SSSR count). The van der Waals surface area contributed by atoms with Crippen LogP contribution in [-0.4, -0.2) is 47.5 Å². The number of anilines is 1. The van der Waals surface area contributed by atoms with Gasteiger partial charge in [0.25, 0.3) is 5.91 Å². The minimum atomic E-state index is 0.130. The van der Waals surface area contributed by atoms with Crippen LogP contribution in [0.3, 0.4) is 0 Å². The van der Waals surface area contributed by atoms with Crippen molar-refractivity contribution < 1.29 is 4.79 Å². The first-order valence-corrected chi connectivity index (χ1v) is 9.53. The maximum atomic E-state index is 12.8. The molecule has 0 saturated carbocycles. The van der Waals surface area contributed by atoms with Crippen LogP contribution in [-0.2, 0) is 0 Å². The maximum Gasteiger partial charge on any atom is 0.253 e. The molecule has 0 bridgehead atoms. The second-order valence-corrected chi connectivity index (χ2v) is 7.61. The third-order valence-corrected chi connectivity index (χ3v) is 5.51. The summed E-state index contributed by atoms with van der Waals surface area (Å²) < 4.78 is 2.29. The van der Waals surface area contributed by atoms with Crippen molar-refractivity contribution in [2.75, 3.05) is 32.1 Å². The normalized spacial score (nSPS) is 15.3. The molecule has 2 aromatic carbocycles. The lowest BCUT2D eigenvalue weighted by Crippen LogP contribution is -2.39. The van der Waals surface area contributed by atoms with Gasteiger partial charge >= 0.3 is 0 Å². The van der Waals surface area contributed by atoms with Gasteiger partial charge in [0.1, 0.15) is 0 Å². The number of carbonyl (C=O) groups is 1. The summed E-state index contributed by atoms with van der Waals surface area (Å²) in [5, 5.41) is 0. The Labute approximate surface area is 160 Å². The maximum absolute atomic E-state index is 12.8. The fraction of sp³-hybridized carbons (Fsp3) is 0.364. The standard InChI is InChI=1S/C22H26N4O/c1-16-4-9-20-21(14-16)26(15-23-20)19-10-12-25(13-11-19)22(27)17-5-7-18(8-6-17)24(2)3/h4-9,14-15,19H,10-13H2,1-3H3. The Hall–Kier alpha value is -2.82. The number of benzene rings is 2. The molecule has 1 saturated heterocycles. The summed E-state index contributed by atoms with van der Waals surface area (Å²) in [6.07, 6.45) is 3.87. The summed E-state index contributed by atoms with van der Waals surface area (Å²) in [5.41, 5.74) is 5.35. The number of aromatic nitrogens is 2. The van der Waals surface area contributed by atoms with E-state index in [4.69, 9.17) is 0 Å². The number of nitrogens with zero attached hydrogens (tertiary/aromatic N) is 4. The van der Waals surface area contributed by atoms with Crippen molar-refractivity contribution >= 4 is 22.6 Å². The minimum Gasteiger partial charge on any atom is -0.378 e. The van der Waals surface area contributed by atoms with E-state index in [0.29, 0.717) is 6.04 Å². The van der Waals surface area contributed by atoms with Gasteiger partial charge in [-0.15, -0.1) is 0 Å². The van der Waals surface area contributed by atoms with Crippen molar-refractivity contribution in [3.05, 3.63) is 59.9 Å². The van der Waals surface area contributed by atoms with E-state index in [1.807, 2.05) is 54.5 Å². The largest absolute Gasteiger partial charge is 0.378 e. The molecular formula is C22H26N4O. The van der Waals surface area contributed by atoms with Crippen LogP contribution in [0, 0.1) is 6.92 Å². The number of piperidine rings is 1. The lowest BCUT2D eigenvalue weighted by molar-refractivity contribution is 0.0696. The summed E-state index contributed by atoms with van der Waals surface area (Å²) in [5.74, 6) is 0.130. The molecule has 0 unspecified atom stereocenters. The topological polar surface area (TPSA) is 41.4 Å². The molecule has 5 nitrogen and oxygen atoms in total. The highest BCUT2D eigenvalue weighted by Gasteiger charge is 2.25. The van der Waals surface area contributed by atoms with Gasteiger partial charge in [-0.1, -0.05) is 6.07 Å². The molecule has 140 valence electrons. The molecule has 0 aliphatic carbocycles. The van der Waals surface area contributed by atoms with E-state index >= 15 is 0 Å². The monoisotopic (exact) mass is 362 g/mol. The fourth-order valence-corrected chi connectivity index (χ4v) is 3.86. The van der Waals surface area contributed by atoms with Gasteiger partial charge in [0, 0.05) is 44.5 Å². The molecule has 2 heterocycles. The predicted octanol–water partition coefficient (Wildman–Crippen LogP) is 3.89. The van der Waals surface area contributed by atoms with Crippen molar-refractivity contribution in [1.82, 2.24) is 14.5 Å². The molecule has 1 fully saturated rings. The second-order valence-electron chi connectivity index (χ2n) is 7.61. The number of hydrogen-bond acceptors (Lipinski definition) is 3. The third kappa shape index (κ3) is 3.42. The summed E-state index contributed by atoms with van der Waals surface area (Å²) in [7, 11) is 4.01. The fourth-order valence-electron chi connectivity index (χ4n) is 3.86. The quantitative estimate of drug-likeness (QED) is 0.710. The molecule has 0 N–H and O–H groups in total. The number of fused-ring (bicyclic) bond motifs is 1. The number of aryl methyl sites for hydroxylation is 1. The average molecular weight is 362 g/mol. The minimum absolute atomic E-state index is 0.130. The van der Waals surface area contributed by atoms with E-state index in [1.165, 1.54) is 11.1 Å². The van der Waals surface area contributed by atoms with E-state index in [2.05, 4.69) is 34.7 Å². The molecule has 0 spiro atoms. The molecule has 1 aliphatic rings. The zero-order valence-electron chi connectivity index (χ0n) is 16.2. The molecular weight excluding hydrogens is 336 g/mol. The molecule has 1 aromatic heterocycles. The van der Waals surface area contributed by atoms with Crippen molar-refractivity contribution in [3.8, 4) is 0 Å². The summed E-state index contributed by atoms with van der Waals surface area (Å²) in [6.45, 7) is 3.68. The molecule has 1 aliphatic heterocycles. The Kier molecular flexibility index (Phi) is 4.60. The van der Waals surface area contributed by atoms with Crippen LogP contribution in [0.4, 0.5) is 5.69 Å². The Morgan fingerprint density at radius 1 is 1.07 bits per heavy atom. The molecule has 0 atom stereocenters. The van der Waals surface area contributed by atoms with Gasteiger partial charge in [-0.25, -0.2) is 4.98 Å². The van der Waals surface area contributed by atoms with Crippen molar-refractivity contribution in [1.29, 1.82) is 0 Å². The number of amides is 1. The zero-order valence-corrected chi connectivity index (χ0v) is 16.2. The van der Waals surface area contributed by atoms with Crippen LogP contribution in [0.15, 0.2) is 48.8 Å². The Balaban J connectivity index is 1.45. The van der Waals surface area contributed by atoms with Crippen molar-refractivity contribution in [2.24, 2.45) is 0 Å². The Bertz CT molecular complexity index is 950. The van der Waals surface area contributed by atoms with Gasteiger partial charge in [0.05, 0.1) is 17.4 Å². The highest BCUT2D eigenvalue weighted by atomic mass is 16.2. The lowest BCUT2D eigenvalue weighted by atomic mass is 10.0. The number of likely N-dealkylation sites (tertiary alicyclic amines) is 1. The van der Waals surface area contributed by atoms with Gasteiger partial charge in [-0.3, -0.25) is 4.79 Å². The van der Waals surface area contributed by atoms with Crippen molar-refractivity contribution in [3.63, 3.8) is 0 Å². The first-order valence-electron chi connectivity index (χ1n) is 9.53. The summed E-state index contributed by atoms with van der Waals surface area (Å²) >= 11 is 0. The van der Waals surface area contributed by atoms with E-state index in [1.54, 1.807) is 0 Å². The summed E-state index contributed by atoms with van der Waals surface area (Å²) in [6, 6.07) is 14.6.